The normalized spacial score (nSPS) is 11.9. The van der Waals surface area contributed by atoms with Crippen molar-refractivity contribution >= 4 is 34.4 Å². The lowest BCUT2D eigenvalue weighted by atomic mass is 10.2. The minimum Gasteiger partial charge on any atom is -0.476 e. The van der Waals surface area contributed by atoms with Crippen molar-refractivity contribution in [2.24, 2.45) is 5.16 Å². The maximum atomic E-state index is 11.6. The Kier molecular flexibility index (Phi) is 7.52. The third-order valence-electron chi connectivity index (χ3n) is 2.19. The van der Waals surface area contributed by atoms with Crippen LogP contribution in [0.3, 0.4) is 0 Å². The standard InChI is InChI=1S/C13H20N4O6S/c1-13(2,3)23-12(20)15-11-14-9(17-24-11)8(10(18)19)16-22-7-5-6-21-4/h5-7H2,1-4H3,(H,18,19)(H,14,15,17,20). The minimum atomic E-state index is -1.34. The van der Waals surface area contributed by atoms with E-state index < -0.39 is 23.4 Å². The van der Waals surface area contributed by atoms with Gasteiger partial charge in [0.1, 0.15) is 12.2 Å². The van der Waals surface area contributed by atoms with Gasteiger partial charge in [0, 0.05) is 31.7 Å². The van der Waals surface area contributed by atoms with E-state index >= 15 is 0 Å². The summed E-state index contributed by atoms with van der Waals surface area (Å²) in [5, 5.41) is 15.1. The van der Waals surface area contributed by atoms with Gasteiger partial charge in [-0.05, 0) is 20.8 Å². The van der Waals surface area contributed by atoms with Gasteiger partial charge >= 0.3 is 12.1 Å². The number of hydrogen-bond acceptors (Lipinski definition) is 9. The summed E-state index contributed by atoms with van der Waals surface area (Å²) in [5.41, 5.74) is -1.12. The Balaban J connectivity index is 2.70. The Hall–Kier alpha value is -2.27. The smallest absolute Gasteiger partial charge is 0.414 e. The Labute approximate surface area is 143 Å². The van der Waals surface area contributed by atoms with E-state index in [2.05, 4.69) is 19.8 Å². The highest BCUT2D eigenvalue weighted by molar-refractivity contribution is 7.10. The van der Waals surface area contributed by atoms with Gasteiger partial charge in [0.2, 0.25) is 16.7 Å². The number of aliphatic carboxylic acids is 1. The fourth-order valence-corrected chi connectivity index (χ4v) is 1.87. The van der Waals surface area contributed by atoms with Gasteiger partial charge in [-0.25, -0.2) is 9.59 Å². The second kappa shape index (κ2) is 9.13. The molecule has 0 saturated carbocycles. The molecule has 0 atom stereocenters. The molecule has 0 fully saturated rings. The lowest BCUT2D eigenvalue weighted by molar-refractivity contribution is -0.129. The first kappa shape index (κ1) is 19.8. The van der Waals surface area contributed by atoms with Crippen LogP contribution >= 0.6 is 11.5 Å². The number of aromatic nitrogens is 2. The molecule has 1 amide bonds. The van der Waals surface area contributed by atoms with E-state index in [1.165, 1.54) is 0 Å². The van der Waals surface area contributed by atoms with Gasteiger partial charge in [-0.3, -0.25) is 5.32 Å². The number of nitrogens with zero attached hydrogens (tertiary/aromatic N) is 3. The van der Waals surface area contributed by atoms with Crippen molar-refractivity contribution in [2.75, 3.05) is 25.6 Å². The first-order chi connectivity index (χ1) is 11.2. The number of hydrogen-bond donors (Lipinski definition) is 2. The van der Waals surface area contributed by atoms with E-state index in [0.717, 1.165) is 11.5 Å². The first-order valence-corrected chi connectivity index (χ1v) is 7.76. The summed E-state index contributed by atoms with van der Waals surface area (Å²) < 4.78 is 13.7. The summed E-state index contributed by atoms with van der Waals surface area (Å²) in [6.07, 6.45) is -0.155. The Bertz CT molecular complexity index is 596. The molecule has 0 radical (unpaired) electrons. The van der Waals surface area contributed by atoms with Gasteiger partial charge < -0.3 is 19.4 Å². The van der Waals surface area contributed by atoms with E-state index in [9.17, 15) is 9.59 Å². The third-order valence-corrected chi connectivity index (χ3v) is 2.82. The number of rotatable bonds is 8. The van der Waals surface area contributed by atoms with Crippen LogP contribution in [-0.2, 0) is 19.1 Å². The highest BCUT2D eigenvalue weighted by atomic mass is 32.1. The fraction of sp³-hybridized carbons (Fsp3) is 0.615. The largest absolute Gasteiger partial charge is 0.476 e. The number of carbonyl (C=O) groups is 2. The molecule has 0 aromatic carbocycles. The summed E-state index contributed by atoms with van der Waals surface area (Å²) in [5.74, 6) is -1.51. The van der Waals surface area contributed by atoms with Crippen molar-refractivity contribution < 1.29 is 29.0 Å². The van der Waals surface area contributed by atoms with Crippen LogP contribution in [0.2, 0.25) is 0 Å². The minimum absolute atomic E-state index is 0.0904. The number of amides is 1. The van der Waals surface area contributed by atoms with Crippen LogP contribution in [0.15, 0.2) is 5.16 Å². The van der Waals surface area contributed by atoms with Crippen molar-refractivity contribution in [1.29, 1.82) is 0 Å². The molecule has 24 heavy (non-hydrogen) atoms. The Morgan fingerprint density at radius 2 is 2.04 bits per heavy atom. The van der Waals surface area contributed by atoms with Crippen LogP contribution in [0.1, 0.15) is 33.0 Å². The van der Waals surface area contributed by atoms with Gasteiger partial charge in [0.25, 0.3) is 0 Å². The number of nitrogens with one attached hydrogen (secondary N) is 1. The predicted octanol–water partition coefficient (Wildman–Crippen LogP) is 1.73. The molecule has 11 heteroatoms. The molecule has 2 N–H and O–H groups in total. The highest BCUT2D eigenvalue weighted by Gasteiger charge is 2.22. The topological polar surface area (TPSA) is 132 Å². The number of carbonyl (C=O) groups excluding carboxylic acids is 1. The molecule has 1 aromatic rings. The van der Waals surface area contributed by atoms with Crippen LogP contribution in [-0.4, -0.2) is 58.2 Å². The van der Waals surface area contributed by atoms with E-state index in [0.29, 0.717) is 13.0 Å². The quantitative estimate of drug-likeness (QED) is 0.407. The SMILES string of the molecule is COCCCON=C(C(=O)O)c1nsc(NC(=O)OC(C)(C)C)n1. The summed E-state index contributed by atoms with van der Waals surface area (Å²) in [6, 6.07) is 0. The maximum Gasteiger partial charge on any atom is 0.414 e. The van der Waals surface area contributed by atoms with Crippen molar-refractivity contribution in [3.05, 3.63) is 5.82 Å². The number of methoxy groups -OCH3 is 1. The predicted molar refractivity (Wildman–Crippen MR) is 86.4 cm³/mol. The number of carboxylic acids is 1. The monoisotopic (exact) mass is 360 g/mol. The Morgan fingerprint density at radius 3 is 2.62 bits per heavy atom. The van der Waals surface area contributed by atoms with E-state index in [4.69, 9.17) is 19.4 Å². The van der Waals surface area contributed by atoms with Crippen LogP contribution in [0, 0.1) is 0 Å². The van der Waals surface area contributed by atoms with Crippen molar-refractivity contribution in [3.8, 4) is 0 Å². The zero-order valence-corrected chi connectivity index (χ0v) is 14.7. The van der Waals surface area contributed by atoms with Gasteiger partial charge in [-0.15, -0.1) is 0 Å². The molecule has 1 heterocycles. The third kappa shape index (κ3) is 7.33. The van der Waals surface area contributed by atoms with Crippen LogP contribution in [0.4, 0.5) is 9.93 Å². The first-order valence-electron chi connectivity index (χ1n) is 6.99. The summed E-state index contributed by atoms with van der Waals surface area (Å²) in [6.45, 7) is 5.81. The summed E-state index contributed by atoms with van der Waals surface area (Å²) in [4.78, 5) is 31.7. The lowest BCUT2D eigenvalue weighted by Gasteiger charge is -2.18. The van der Waals surface area contributed by atoms with Gasteiger partial charge in [-0.1, -0.05) is 5.16 Å². The Morgan fingerprint density at radius 1 is 1.33 bits per heavy atom. The highest BCUT2D eigenvalue weighted by Crippen LogP contribution is 2.14. The van der Waals surface area contributed by atoms with Crippen LogP contribution in [0.5, 0.6) is 0 Å². The van der Waals surface area contributed by atoms with Gasteiger partial charge in [-0.2, -0.15) is 9.36 Å². The molecule has 0 saturated heterocycles. The second-order valence-electron chi connectivity index (χ2n) is 5.47. The molecule has 0 unspecified atom stereocenters. The van der Waals surface area contributed by atoms with E-state index in [1.54, 1.807) is 27.9 Å². The van der Waals surface area contributed by atoms with Gasteiger partial charge in [0.05, 0.1) is 0 Å². The van der Waals surface area contributed by atoms with Crippen molar-refractivity contribution in [2.45, 2.75) is 32.8 Å². The van der Waals surface area contributed by atoms with Crippen molar-refractivity contribution in [1.82, 2.24) is 9.36 Å². The average molecular weight is 360 g/mol. The fourth-order valence-electron chi connectivity index (χ4n) is 1.31. The molecular formula is C13H20N4O6S. The molecule has 0 aliphatic rings. The molecule has 0 aliphatic carbocycles. The second-order valence-corrected chi connectivity index (χ2v) is 6.23. The molecule has 0 spiro atoms. The molecule has 10 nitrogen and oxygen atoms in total. The molecule has 0 bridgehead atoms. The van der Waals surface area contributed by atoms with E-state index in [1.807, 2.05) is 0 Å². The number of carboxylic acid groups (broad SMARTS) is 1. The molecule has 1 rings (SSSR count). The zero-order chi connectivity index (χ0) is 18.2. The number of oxime groups is 1. The number of anilines is 1. The van der Waals surface area contributed by atoms with E-state index in [-0.39, 0.29) is 17.6 Å². The molecule has 134 valence electrons. The average Bonchev–Trinajstić information content (AvgIpc) is 2.88. The maximum absolute atomic E-state index is 11.6. The molecule has 0 aliphatic heterocycles. The lowest BCUT2D eigenvalue weighted by Crippen LogP contribution is -2.27. The molecular weight excluding hydrogens is 340 g/mol. The zero-order valence-electron chi connectivity index (χ0n) is 13.9. The number of ether oxygens (including phenoxy) is 2. The molecule has 1 aromatic heterocycles. The van der Waals surface area contributed by atoms with Gasteiger partial charge in [0.15, 0.2) is 0 Å². The summed E-state index contributed by atoms with van der Waals surface area (Å²) in [7, 11) is 1.55. The van der Waals surface area contributed by atoms with Crippen LogP contribution < -0.4 is 5.32 Å². The van der Waals surface area contributed by atoms with Crippen LogP contribution in [0.25, 0.3) is 0 Å². The van der Waals surface area contributed by atoms with Crippen molar-refractivity contribution in [3.63, 3.8) is 0 Å². The summed E-state index contributed by atoms with van der Waals surface area (Å²) >= 11 is 0.804.